The van der Waals surface area contributed by atoms with E-state index in [0.717, 1.165) is 23.3 Å². The lowest BCUT2D eigenvalue weighted by Crippen LogP contribution is -1.92. The van der Waals surface area contributed by atoms with E-state index in [2.05, 4.69) is 30.2 Å². The fourth-order valence-electron chi connectivity index (χ4n) is 2.28. The Morgan fingerprint density at radius 1 is 1.00 bits per heavy atom. The molecule has 2 aromatic carbocycles. The number of nitrogens with one attached hydrogen (secondary N) is 1. The summed E-state index contributed by atoms with van der Waals surface area (Å²) in [5.41, 5.74) is 12.7. The zero-order chi connectivity index (χ0) is 13.7. The summed E-state index contributed by atoms with van der Waals surface area (Å²) in [4.78, 5) is 0. The van der Waals surface area contributed by atoms with E-state index in [1.807, 2.05) is 43.3 Å². The van der Waals surface area contributed by atoms with Crippen LogP contribution in [0.25, 0.3) is 11.3 Å². The summed E-state index contributed by atoms with van der Waals surface area (Å²) in [6, 6.07) is 18.2. The quantitative estimate of drug-likeness (QED) is 0.574. The van der Waals surface area contributed by atoms with E-state index in [-0.39, 0.29) is 0 Å². The van der Waals surface area contributed by atoms with Crippen molar-refractivity contribution in [2.75, 3.05) is 0 Å². The number of allylic oxidation sites excluding steroid dienone is 1. The van der Waals surface area contributed by atoms with Gasteiger partial charge in [0.2, 0.25) is 0 Å². The Morgan fingerprint density at radius 3 is 2.26 bits per heavy atom. The SMILES string of the molecule is CCc1ccccc1/C(C)=C(/N=N)c1ccccc1. The predicted molar refractivity (Wildman–Crippen MR) is 79.9 cm³/mol. The Labute approximate surface area is 114 Å². The standard InChI is InChI=1S/C17H18N2/c1-3-14-9-7-8-12-16(14)13(2)17(19-18)15-10-5-4-6-11-15/h4-12,18H,3H2,1-2H3/b17-13+,19-18?. The van der Waals surface area contributed by atoms with Gasteiger partial charge in [-0.05, 0) is 30.0 Å². The molecule has 0 aromatic heterocycles. The summed E-state index contributed by atoms with van der Waals surface area (Å²) in [6.45, 7) is 4.18. The summed E-state index contributed by atoms with van der Waals surface area (Å²) < 4.78 is 0. The predicted octanol–water partition coefficient (Wildman–Crippen LogP) is 5.17. The van der Waals surface area contributed by atoms with E-state index >= 15 is 0 Å². The van der Waals surface area contributed by atoms with Gasteiger partial charge in [0.25, 0.3) is 0 Å². The molecule has 2 heteroatoms. The van der Waals surface area contributed by atoms with Crippen LogP contribution in [0.4, 0.5) is 0 Å². The smallest absolute Gasteiger partial charge is 0.0957 e. The monoisotopic (exact) mass is 250 g/mol. The number of nitrogens with zero attached hydrogens (tertiary/aromatic N) is 1. The molecule has 0 amide bonds. The molecule has 96 valence electrons. The van der Waals surface area contributed by atoms with Gasteiger partial charge in [-0.3, -0.25) is 0 Å². The zero-order valence-electron chi connectivity index (χ0n) is 11.4. The molecule has 2 aromatic rings. The van der Waals surface area contributed by atoms with E-state index in [1.54, 1.807) is 0 Å². The molecule has 0 aliphatic carbocycles. The number of rotatable bonds is 4. The van der Waals surface area contributed by atoms with Crippen LogP contribution in [0.2, 0.25) is 0 Å². The van der Waals surface area contributed by atoms with Gasteiger partial charge in [0.05, 0.1) is 5.70 Å². The van der Waals surface area contributed by atoms with Gasteiger partial charge in [-0.25, -0.2) is 5.53 Å². The summed E-state index contributed by atoms with van der Waals surface area (Å²) in [5.74, 6) is 0. The molecule has 2 nitrogen and oxygen atoms in total. The van der Waals surface area contributed by atoms with E-state index in [4.69, 9.17) is 5.53 Å². The van der Waals surface area contributed by atoms with Gasteiger partial charge < -0.3 is 0 Å². The third-order valence-corrected chi connectivity index (χ3v) is 3.32. The van der Waals surface area contributed by atoms with Crippen molar-refractivity contribution in [1.29, 1.82) is 5.53 Å². The van der Waals surface area contributed by atoms with Crippen molar-refractivity contribution in [3.05, 3.63) is 71.3 Å². The minimum atomic E-state index is 0.738. The van der Waals surface area contributed by atoms with Crippen LogP contribution >= 0.6 is 0 Å². The Balaban J connectivity index is 2.58. The van der Waals surface area contributed by atoms with Gasteiger partial charge in [-0.15, -0.1) is 0 Å². The Bertz CT molecular complexity index is 598. The highest BCUT2D eigenvalue weighted by atomic mass is 15.0. The Morgan fingerprint density at radius 2 is 1.63 bits per heavy atom. The van der Waals surface area contributed by atoms with E-state index in [9.17, 15) is 0 Å². The normalized spacial score (nSPS) is 11.9. The Hall–Kier alpha value is -2.22. The van der Waals surface area contributed by atoms with Gasteiger partial charge in [-0.2, -0.15) is 5.11 Å². The first-order valence-electron chi connectivity index (χ1n) is 6.50. The maximum atomic E-state index is 7.47. The summed E-state index contributed by atoms with van der Waals surface area (Å²) in [6.07, 6.45) is 0.980. The van der Waals surface area contributed by atoms with Crippen LogP contribution in [0.5, 0.6) is 0 Å². The van der Waals surface area contributed by atoms with E-state index in [0.29, 0.717) is 0 Å². The van der Waals surface area contributed by atoms with Crippen molar-refractivity contribution in [2.24, 2.45) is 5.11 Å². The maximum Gasteiger partial charge on any atom is 0.0957 e. The fraction of sp³-hybridized carbons (Fsp3) is 0.176. The van der Waals surface area contributed by atoms with Crippen molar-refractivity contribution in [3.8, 4) is 0 Å². The molecule has 0 saturated carbocycles. The van der Waals surface area contributed by atoms with Crippen LogP contribution < -0.4 is 0 Å². The largest absolute Gasteiger partial charge is 0.204 e. The fourth-order valence-corrected chi connectivity index (χ4v) is 2.28. The second-order valence-corrected chi connectivity index (χ2v) is 4.46. The molecule has 0 aliphatic rings. The first-order chi connectivity index (χ1) is 9.27. The van der Waals surface area contributed by atoms with Gasteiger partial charge in [-0.1, -0.05) is 61.5 Å². The molecule has 19 heavy (non-hydrogen) atoms. The highest BCUT2D eigenvalue weighted by Gasteiger charge is 2.09. The molecule has 0 radical (unpaired) electrons. The molecule has 2 rings (SSSR count). The lowest BCUT2D eigenvalue weighted by atomic mass is 9.95. The first kappa shape index (κ1) is 13.2. The van der Waals surface area contributed by atoms with Gasteiger partial charge in [0, 0.05) is 5.56 Å². The maximum absolute atomic E-state index is 7.47. The molecule has 0 heterocycles. The van der Waals surface area contributed by atoms with Crippen LogP contribution in [0.15, 0.2) is 59.7 Å². The summed E-state index contributed by atoms with van der Waals surface area (Å²) in [5, 5.41) is 3.74. The third kappa shape index (κ3) is 2.79. The topological polar surface area (TPSA) is 36.2 Å². The average Bonchev–Trinajstić information content (AvgIpc) is 2.49. The molecule has 0 bridgehead atoms. The molecular weight excluding hydrogens is 232 g/mol. The Kier molecular flexibility index (Phi) is 4.24. The van der Waals surface area contributed by atoms with E-state index in [1.165, 1.54) is 11.1 Å². The van der Waals surface area contributed by atoms with Crippen molar-refractivity contribution in [3.63, 3.8) is 0 Å². The van der Waals surface area contributed by atoms with Crippen LogP contribution in [0.1, 0.15) is 30.5 Å². The van der Waals surface area contributed by atoms with Crippen LogP contribution in [-0.4, -0.2) is 0 Å². The molecule has 0 unspecified atom stereocenters. The summed E-state index contributed by atoms with van der Waals surface area (Å²) >= 11 is 0. The number of hydrogen-bond donors (Lipinski definition) is 1. The van der Waals surface area contributed by atoms with Gasteiger partial charge in [0.1, 0.15) is 0 Å². The molecule has 0 fully saturated rings. The third-order valence-electron chi connectivity index (χ3n) is 3.32. The number of benzene rings is 2. The number of aryl methyl sites for hydroxylation is 1. The van der Waals surface area contributed by atoms with Crippen molar-refractivity contribution >= 4 is 11.3 Å². The zero-order valence-corrected chi connectivity index (χ0v) is 11.4. The highest BCUT2D eigenvalue weighted by Crippen LogP contribution is 2.29. The first-order valence-corrected chi connectivity index (χ1v) is 6.50. The molecule has 0 spiro atoms. The lowest BCUT2D eigenvalue weighted by Gasteiger charge is -2.11. The molecule has 0 saturated heterocycles. The average molecular weight is 250 g/mol. The molecular formula is C17H18N2. The second-order valence-electron chi connectivity index (χ2n) is 4.46. The minimum Gasteiger partial charge on any atom is -0.204 e. The summed E-state index contributed by atoms with van der Waals surface area (Å²) in [7, 11) is 0. The number of hydrogen-bond acceptors (Lipinski definition) is 2. The van der Waals surface area contributed by atoms with Gasteiger partial charge >= 0.3 is 0 Å². The molecule has 1 N–H and O–H groups in total. The molecule has 0 atom stereocenters. The van der Waals surface area contributed by atoms with Crippen LogP contribution in [0.3, 0.4) is 0 Å². The van der Waals surface area contributed by atoms with Crippen LogP contribution in [-0.2, 0) is 6.42 Å². The molecule has 0 aliphatic heterocycles. The second kappa shape index (κ2) is 6.10. The van der Waals surface area contributed by atoms with E-state index < -0.39 is 0 Å². The van der Waals surface area contributed by atoms with Crippen molar-refractivity contribution < 1.29 is 0 Å². The van der Waals surface area contributed by atoms with Gasteiger partial charge in [0.15, 0.2) is 0 Å². The minimum absolute atomic E-state index is 0.738. The van der Waals surface area contributed by atoms with Crippen LogP contribution in [0, 0.1) is 5.53 Å². The van der Waals surface area contributed by atoms with Crippen molar-refractivity contribution in [2.45, 2.75) is 20.3 Å². The highest BCUT2D eigenvalue weighted by molar-refractivity contribution is 5.89. The van der Waals surface area contributed by atoms with Crippen molar-refractivity contribution in [1.82, 2.24) is 0 Å². The lowest BCUT2D eigenvalue weighted by molar-refractivity contribution is 1.12.